The van der Waals surface area contributed by atoms with Gasteiger partial charge in [-0.05, 0) is 54.6 Å². The number of benzene rings is 2. The molecule has 1 saturated heterocycles. The number of aryl methyl sites for hydroxylation is 1. The predicted molar refractivity (Wildman–Crippen MR) is 85.6 cm³/mol. The van der Waals surface area contributed by atoms with Gasteiger partial charge in [0.05, 0.1) is 0 Å². The van der Waals surface area contributed by atoms with Gasteiger partial charge in [0.25, 0.3) is 0 Å². The Balaban J connectivity index is 1.98. The van der Waals surface area contributed by atoms with Crippen molar-refractivity contribution < 1.29 is 4.39 Å². The number of hydrogen-bond donors (Lipinski definition) is 1. The third-order valence-corrected chi connectivity index (χ3v) is 4.76. The molecule has 2 unspecified atom stereocenters. The van der Waals surface area contributed by atoms with Crippen molar-refractivity contribution in [2.75, 3.05) is 13.1 Å². The molecule has 0 aliphatic carbocycles. The van der Waals surface area contributed by atoms with Crippen LogP contribution >= 0.6 is 11.6 Å². The molecule has 1 aliphatic heterocycles. The first-order valence-corrected chi connectivity index (χ1v) is 7.76. The summed E-state index contributed by atoms with van der Waals surface area (Å²) in [6.07, 6.45) is 0.998. The van der Waals surface area contributed by atoms with Gasteiger partial charge in [0.2, 0.25) is 0 Å². The Morgan fingerprint density at radius 1 is 1.14 bits per heavy atom. The smallest absolute Gasteiger partial charge is 0.126 e. The molecular formula is C18H19ClFN. The van der Waals surface area contributed by atoms with E-state index in [0.29, 0.717) is 11.5 Å². The van der Waals surface area contributed by atoms with Gasteiger partial charge in [0.15, 0.2) is 0 Å². The van der Waals surface area contributed by atoms with Gasteiger partial charge in [-0.1, -0.05) is 41.9 Å². The Morgan fingerprint density at radius 3 is 2.71 bits per heavy atom. The van der Waals surface area contributed by atoms with Crippen molar-refractivity contribution in [3.05, 3.63) is 70.0 Å². The Labute approximate surface area is 130 Å². The predicted octanol–water partition coefficient (Wildman–Crippen LogP) is 4.65. The highest BCUT2D eigenvalue weighted by molar-refractivity contribution is 6.31. The van der Waals surface area contributed by atoms with E-state index >= 15 is 0 Å². The molecule has 1 heterocycles. The van der Waals surface area contributed by atoms with Crippen molar-refractivity contribution in [1.82, 2.24) is 5.32 Å². The molecule has 3 heteroatoms. The van der Waals surface area contributed by atoms with Crippen molar-refractivity contribution >= 4 is 11.6 Å². The van der Waals surface area contributed by atoms with E-state index in [4.69, 9.17) is 11.6 Å². The highest BCUT2D eigenvalue weighted by atomic mass is 35.5. The summed E-state index contributed by atoms with van der Waals surface area (Å²) in [7, 11) is 0. The molecule has 3 rings (SSSR count). The fraction of sp³-hybridized carbons (Fsp3) is 0.333. The van der Waals surface area contributed by atoms with Gasteiger partial charge < -0.3 is 5.32 Å². The van der Waals surface area contributed by atoms with Crippen molar-refractivity contribution in [1.29, 1.82) is 0 Å². The maximum Gasteiger partial charge on any atom is 0.126 e. The summed E-state index contributed by atoms with van der Waals surface area (Å²) in [6, 6.07) is 13.6. The van der Waals surface area contributed by atoms with Crippen molar-refractivity contribution in [2.24, 2.45) is 0 Å². The van der Waals surface area contributed by atoms with E-state index in [-0.39, 0.29) is 11.7 Å². The summed E-state index contributed by atoms with van der Waals surface area (Å²) in [6.45, 7) is 3.64. The zero-order valence-corrected chi connectivity index (χ0v) is 12.8. The van der Waals surface area contributed by atoms with Crippen LogP contribution in [0.1, 0.15) is 34.9 Å². The number of nitrogens with one attached hydrogen (secondary N) is 1. The fourth-order valence-corrected chi connectivity index (χ4v) is 3.48. The molecule has 0 aromatic heterocycles. The highest BCUT2D eigenvalue weighted by Crippen LogP contribution is 2.40. The average Bonchev–Trinajstić information content (AvgIpc) is 2.51. The first-order valence-electron chi connectivity index (χ1n) is 7.38. The zero-order valence-electron chi connectivity index (χ0n) is 12.1. The minimum absolute atomic E-state index is 0.121. The maximum atomic E-state index is 13.9. The second kappa shape index (κ2) is 6.17. The van der Waals surface area contributed by atoms with Crippen LogP contribution in [0.15, 0.2) is 42.5 Å². The van der Waals surface area contributed by atoms with E-state index in [1.165, 1.54) is 0 Å². The molecule has 1 N–H and O–H groups in total. The van der Waals surface area contributed by atoms with Gasteiger partial charge in [0.1, 0.15) is 5.82 Å². The van der Waals surface area contributed by atoms with Crippen LogP contribution in [0.2, 0.25) is 5.02 Å². The molecule has 2 aromatic rings. The van der Waals surface area contributed by atoms with Crippen LogP contribution in [-0.2, 0) is 0 Å². The first kappa shape index (κ1) is 14.6. The molecule has 0 amide bonds. The molecule has 0 bridgehead atoms. The van der Waals surface area contributed by atoms with E-state index in [9.17, 15) is 4.39 Å². The Kier molecular flexibility index (Phi) is 4.27. The van der Waals surface area contributed by atoms with E-state index in [0.717, 1.165) is 35.7 Å². The molecule has 0 spiro atoms. The molecular weight excluding hydrogens is 285 g/mol. The third-order valence-electron chi connectivity index (χ3n) is 4.41. The molecule has 2 aromatic carbocycles. The number of rotatable bonds is 2. The van der Waals surface area contributed by atoms with Gasteiger partial charge in [-0.2, -0.15) is 0 Å². The summed E-state index contributed by atoms with van der Waals surface area (Å²) in [4.78, 5) is 0. The van der Waals surface area contributed by atoms with Crippen LogP contribution in [0.4, 0.5) is 4.39 Å². The van der Waals surface area contributed by atoms with E-state index in [1.54, 1.807) is 13.0 Å². The van der Waals surface area contributed by atoms with E-state index < -0.39 is 0 Å². The summed E-state index contributed by atoms with van der Waals surface area (Å²) in [5.74, 6) is 0.472. The monoisotopic (exact) mass is 303 g/mol. The van der Waals surface area contributed by atoms with Crippen LogP contribution in [0.5, 0.6) is 0 Å². The summed E-state index contributed by atoms with van der Waals surface area (Å²) in [5.41, 5.74) is 2.92. The lowest BCUT2D eigenvalue weighted by Crippen LogP contribution is -2.34. The van der Waals surface area contributed by atoms with Gasteiger partial charge >= 0.3 is 0 Å². The van der Waals surface area contributed by atoms with Crippen LogP contribution < -0.4 is 5.32 Å². The van der Waals surface area contributed by atoms with Crippen molar-refractivity contribution in [2.45, 2.75) is 25.2 Å². The van der Waals surface area contributed by atoms with E-state index in [1.807, 2.05) is 24.3 Å². The maximum absolute atomic E-state index is 13.9. The van der Waals surface area contributed by atoms with Gasteiger partial charge in [-0.3, -0.25) is 0 Å². The molecule has 2 atom stereocenters. The Morgan fingerprint density at radius 2 is 1.95 bits per heavy atom. The quantitative estimate of drug-likeness (QED) is 0.851. The van der Waals surface area contributed by atoms with Crippen molar-refractivity contribution in [3.8, 4) is 0 Å². The average molecular weight is 304 g/mol. The SMILES string of the molecule is Cc1ccc(C2CCNCC2c2ccccc2Cl)cc1F. The molecule has 110 valence electrons. The largest absolute Gasteiger partial charge is 0.316 e. The number of hydrogen-bond acceptors (Lipinski definition) is 1. The molecule has 21 heavy (non-hydrogen) atoms. The molecule has 0 saturated carbocycles. The van der Waals surface area contributed by atoms with E-state index in [2.05, 4.69) is 17.4 Å². The first-order chi connectivity index (χ1) is 10.2. The van der Waals surface area contributed by atoms with Crippen molar-refractivity contribution in [3.63, 3.8) is 0 Å². The Hall–Kier alpha value is -1.38. The second-order valence-electron chi connectivity index (χ2n) is 5.74. The Bertz CT molecular complexity index is 641. The van der Waals surface area contributed by atoms with Crippen LogP contribution in [-0.4, -0.2) is 13.1 Å². The number of halogens is 2. The third kappa shape index (κ3) is 2.97. The summed E-state index contributed by atoms with van der Waals surface area (Å²) < 4.78 is 13.9. The molecule has 1 aliphatic rings. The minimum atomic E-state index is -0.121. The standard InChI is InChI=1S/C18H19ClFN/c1-12-6-7-13(10-18(12)20)14-8-9-21-11-16(14)15-4-2-3-5-17(15)19/h2-7,10,14,16,21H,8-9,11H2,1H3. The normalized spacial score (nSPS) is 22.2. The molecule has 1 nitrogen and oxygen atoms in total. The lowest BCUT2D eigenvalue weighted by atomic mass is 9.77. The zero-order chi connectivity index (χ0) is 14.8. The highest BCUT2D eigenvalue weighted by Gasteiger charge is 2.29. The van der Waals surface area contributed by atoms with Gasteiger partial charge in [-0.15, -0.1) is 0 Å². The van der Waals surface area contributed by atoms with Crippen LogP contribution in [0, 0.1) is 12.7 Å². The summed E-state index contributed by atoms with van der Waals surface area (Å²) in [5, 5.41) is 4.23. The summed E-state index contributed by atoms with van der Waals surface area (Å²) >= 11 is 6.36. The van der Waals surface area contributed by atoms with Crippen LogP contribution in [0.25, 0.3) is 0 Å². The minimum Gasteiger partial charge on any atom is -0.316 e. The second-order valence-corrected chi connectivity index (χ2v) is 6.14. The topological polar surface area (TPSA) is 12.0 Å². The fourth-order valence-electron chi connectivity index (χ4n) is 3.20. The lowest BCUT2D eigenvalue weighted by molar-refractivity contribution is 0.403. The number of piperidine rings is 1. The molecule has 1 fully saturated rings. The molecule has 0 radical (unpaired) electrons. The lowest BCUT2D eigenvalue weighted by Gasteiger charge is -2.33. The van der Waals surface area contributed by atoms with Gasteiger partial charge in [-0.25, -0.2) is 4.39 Å². The van der Waals surface area contributed by atoms with Gasteiger partial charge in [0, 0.05) is 17.5 Å². The van der Waals surface area contributed by atoms with Crippen LogP contribution in [0.3, 0.4) is 0 Å².